The van der Waals surface area contributed by atoms with Gasteiger partial charge in [0.25, 0.3) is 0 Å². The number of fused-ring (bicyclic) bond motifs is 1. The van der Waals surface area contributed by atoms with Crippen molar-refractivity contribution in [3.63, 3.8) is 0 Å². The average Bonchev–Trinajstić information content (AvgIpc) is 2.42. The van der Waals surface area contributed by atoms with Crippen LogP contribution in [0.25, 0.3) is 0 Å². The van der Waals surface area contributed by atoms with Gasteiger partial charge in [0.1, 0.15) is 0 Å². The molecule has 0 radical (unpaired) electrons. The van der Waals surface area contributed by atoms with Crippen molar-refractivity contribution in [2.24, 2.45) is 0 Å². The Labute approximate surface area is 78.6 Å². The Morgan fingerprint density at radius 2 is 2.23 bits per heavy atom. The van der Waals surface area contributed by atoms with Crippen LogP contribution in [0.1, 0.15) is 31.5 Å². The summed E-state index contributed by atoms with van der Waals surface area (Å²) in [6.07, 6.45) is 4.25. The van der Waals surface area contributed by atoms with Gasteiger partial charge in [0, 0.05) is 18.7 Å². The summed E-state index contributed by atoms with van der Waals surface area (Å²) in [5, 5.41) is 2.97. The Bertz CT molecular complexity index is 331. The van der Waals surface area contributed by atoms with Crippen molar-refractivity contribution in [3.8, 4) is 0 Å². The van der Waals surface area contributed by atoms with Crippen LogP contribution in [0.3, 0.4) is 0 Å². The number of nitrogens with zero attached hydrogens (tertiary/aromatic N) is 2. The minimum atomic E-state index is 0.226. The summed E-state index contributed by atoms with van der Waals surface area (Å²) in [7, 11) is 1.85. The van der Waals surface area contributed by atoms with Gasteiger partial charge in [-0.15, -0.1) is 0 Å². The largest absolute Gasteiger partial charge is 0.357 e. The zero-order valence-electron chi connectivity index (χ0n) is 8.39. The molecule has 1 aliphatic rings. The summed E-state index contributed by atoms with van der Waals surface area (Å²) >= 11 is 0. The van der Waals surface area contributed by atoms with Crippen LogP contribution in [0.4, 0.5) is 5.95 Å². The Morgan fingerprint density at radius 1 is 1.46 bits per heavy atom. The maximum atomic E-state index is 4.50. The van der Waals surface area contributed by atoms with Crippen LogP contribution in [0.15, 0.2) is 6.20 Å². The fourth-order valence-electron chi connectivity index (χ4n) is 1.86. The van der Waals surface area contributed by atoms with Crippen molar-refractivity contribution in [1.29, 1.82) is 0 Å². The number of hydrogen-bond acceptors (Lipinski definition) is 3. The molecule has 0 fully saturated rings. The first-order valence-corrected chi connectivity index (χ1v) is 4.67. The molecule has 13 heavy (non-hydrogen) atoms. The third-order valence-electron chi connectivity index (χ3n) is 2.75. The molecule has 0 saturated heterocycles. The lowest BCUT2D eigenvalue weighted by Crippen LogP contribution is -2.15. The minimum Gasteiger partial charge on any atom is -0.357 e. The van der Waals surface area contributed by atoms with Gasteiger partial charge in [0.15, 0.2) is 0 Å². The number of anilines is 1. The minimum absolute atomic E-state index is 0.226. The fourth-order valence-corrected chi connectivity index (χ4v) is 1.86. The first-order chi connectivity index (χ1) is 6.13. The summed E-state index contributed by atoms with van der Waals surface area (Å²) in [5.74, 6) is 0.730. The second-order valence-electron chi connectivity index (χ2n) is 4.20. The lowest BCUT2D eigenvalue weighted by atomic mass is 9.91. The number of nitrogens with one attached hydrogen (secondary N) is 1. The van der Waals surface area contributed by atoms with Gasteiger partial charge in [-0.05, 0) is 18.4 Å². The lowest BCUT2D eigenvalue weighted by molar-refractivity contribution is 0.509. The molecule has 0 aromatic carbocycles. The van der Waals surface area contributed by atoms with Crippen molar-refractivity contribution < 1.29 is 0 Å². The molecular weight excluding hydrogens is 162 g/mol. The van der Waals surface area contributed by atoms with Gasteiger partial charge in [-0.25, -0.2) is 9.97 Å². The van der Waals surface area contributed by atoms with Crippen molar-refractivity contribution >= 4 is 5.95 Å². The molecule has 3 nitrogen and oxygen atoms in total. The van der Waals surface area contributed by atoms with Crippen LogP contribution in [0, 0.1) is 0 Å². The van der Waals surface area contributed by atoms with Gasteiger partial charge < -0.3 is 5.32 Å². The third kappa shape index (κ3) is 1.28. The van der Waals surface area contributed by atoms with E-state index >= 15 is 0 Å². The summed E-state index contributed by atoms with van der Waals surface area (Å²) in [6, 6.07) is 0. The number of aromatic nitrogens is 2. The zero-order chi connectivity index (χ0) is 9.47. The molecule has 1 aromatic heterocycles. The number of hydrogen-bond donors (Lipinski definition) is 1. The first-order valence-electron chi connectivity index (χ1n) is 4.67. The van der Waals surface area contributed by atoms with Crippen LogP contribution < -0.4 is 5.32 Å². The van der Waals surface area contributed by atoms with Gasteiger partial charge in [-0.1, -0.05) is 13.8 Å². The molecule has 0 saturated carbocycles. The van der Waals surface area contributed by atoms with E-state index in [1.807, 2.05) is 13.2 Å². The van der Waals surface area contributed by atoms with Crippen LogP contribution in [0.5, 0.6) is 0 Å². The van der Waals surface area contributed by atoms with Crippen molar-refractivity contribution in [2.45, 2.75) is 32.1 Å². The van der Waals surface area contributed by atoms with E-state index in [1.54, 1.807) is 0 Å². The molecule has 0 bridgehead atoms. The Morgan fingerprint density at radius 3 is 2.92 bits per heavy atom. The van der Waals surface area contributed by atoms with Crippen LogP contribution >= 0.6 is 0 Å². The van der Waals surface area contributed by atoms with Crippen LogP contribution in [-0.2, 0) is 11.8 Å². The first kappa shape index (κ1) is 8.48. The smallest absolute Gasteiger partial charge is 0.222 e. The number of aryl methyl sites for hydroxylation is 1. The molecule has 3 heteroatoms. The predicted molar refractivity (Wildman–Crippen MR) is 52.9 cm³/mol. The second-order valence-corrected chi connectivity index (χ2v) is 4.20. The Kier molecular flexibility index (Phi) is 1.75. The third-order valence-corrected chi connectivity index (χ3v) is 2.75. The van der Waals surface area contributed by atoms with E-state index in [0.29, 0.717) is 0 Å². The molecule has 1 aromatic rings. The second kappa shape index (κ2) is 2.69. The van der Waals surface area contributed by atoms with E-state index in [1.165, 1.54) is 17.7 Å². The van der Waals surface area contributed by atoms with Gasteiger partial charge in [0.05, 0.1) is 5.69 Å². The molecule has 1 N–H and O–H groups in total. The van der Waals surface area contributed by atoms with E-state index in [2.05, 4.69) is 29.1 Å². The average molecular weight is 177 g/mol. The molecule has 0 unspecified atom stereocenters. The van der Waals surface area contributed by atoms with E-state index in [4.69, 9.17) is 0 Å². The monoisotopic (exact) mass is 177 g/mol. The van der Waals surface area contributed by atoms with Crippen molar-refractivity contribution in [3.05, 3.63) is 17.5 Å². The highest BCUT2D eigenvalue weighted by Crippen LogP contribution is 2.36. The summed E-state index contributed by atoms with van der Waals surface area (Å²) < 4.78 is 0. The highest BCUT2D eigenvalue weighted by atomic mass is 15.1. The van der Waals surface area contributed by atoms with Crippen LogP contribution in [-0.4, -0.2) is 17.0 Å². The quantitative estimate of drug-likeness (QED) is 0.710. The van der Waals surface area contributed by atoms with E-state index in [0.717, 1.165) is 12.4 Å². The molecular formula is C10H15N3. The molecule has 0 aliphatic heterocycles. The molecule has 1 aliphatic carbocycles. The SMILES string of the molecule is CNc1ncc2c(n1)C(C)(C)CC2. The van der Waals surface area contributed by atoms with E-state index < -0.39 is 0 Å². The van der Waals surface area contributed by atoms with Crippen molar-refractivity contribution in [2.75, 3.05) is 12.4 Å². The Balaban J connectivity index is 2.50. The maximum absolute atomic E-state index is 4.50. The molecule has 0 amide bonds. The van der Waals surface area contributed by atoms with Gasteiger partial charge in [-0.2, -0.15) is 0 Å². The van der Waals surface area contributed by atoms with Gasteiger partial charge in [-0.3, -0.25) is 0 Å². The summed E-state index contributed by atoms with van der Waals surface area (Å²) in [5.41, 5.74) is 2.75. The molecule has 0 atom stereocenters. The highest BCUT2D eigenvalue weighted by molar-refractivity contribution is 5.36. The molecule has 1 heterocycles. The fraction of sp³-hybridized carbons (Fsp3) is 0.600. The topological polar surface area (TPSA) is 37.8 Å². The van der Waals surface area contributed by atoms with Crippen molar-refractivity contribution in [1.82, 2.24) is 9.97 Å². The van der Waals surface area contributed by atoms with Gasteiger partial charge in [0.2, 0.25) is 5.95 Å². The Hall–Kier alpha value is -1.12. The highest BCUT2D eigenvalue weighted by Gasteiger charge is 2.31. The zero-order valence-corrected chi connectivity index (χ0v) is 8.39. The molecule has 70 valence electrons. The standard InChI is InChI=1S/C10H15N3/c1-10(2)5-4-7-6-12-9(11-3)13-8(7)10/h6H,4-5H2,1-3H3,(H,11,12,13). The lowest BCUT2D eigenvalue weighted by Gasteiger charge is -2.17. The summed E-state index contributed by atoms with van der Waals surface area (Å²) in [6.45, 7) is 4.48. The summed E-state index contributed by atoms with van der Waals surface area (Å²) in [4.78, 5) is 8.71. The number of rotatable bonds is 1. The van der Waals surface area contributed by atoms with Gasteiger partial charge >= 0.3 is 0 Å². The maximum Gasteiger partial charge on any atom is 0.222 e. The normalized spacial score (nSPS) is 18.4. The van der Waals surface area contributed by atoms with Crippen LogP contribution in [0.2, 0.25) is 0 Å². The van der Waals surface area contributed by atoms with E-state index in [9.17, 15) is 0 Å². The molecule has 0 spiro atoms. The predicted octanol–water partition coefficient (Wildman–Crippen LogP) is 1.74. The molecule has 2 rings (SSSR count). The van der Waals surface area contributed by atoms with E-state index in [-0.39, 0.29) is 5.41 Å².